The average molecular weight is 384 g/mol. The SMILES string of the molecule is CC(NS(=O)(=O)c1ccccc1Br)c1ccc2c(c1)OCO2. The molecule has 0 amide bonds. The highest BCUT2D eigenvalue weighted by molar-refractivity contribution is 9.10. The zero-order valence-corrected chi connectivity index (χ0v) is 14.1. The van der Waals surface area contributed by atoms with Crippen LogP contribution in [0.4, 0.5) is 0 Å². The lowest BCUT2D eigenvalue weighted by Crippen LogP contribution is -2.27. The molecular weight excluding hydrogens is 370 g/mol. The average Bonchev–Trinajstić information content (AvgIpc) is 2.94. The molecule has 0 aromatic heterocycles. The molecule has 0 spiro atoms. The van der Waals surface area contributed by atoms with Gasteiger partial charge in [-0.15, -0.1) is 0 Å². The van der Waals surface area contributed by atoms with Gasteiger partial charge in [-0.3, -0.25) is 0 Å². The van der Waals surface area contributed by atoms with E-state index < -0.39 is 16.1 Å². The van der Waals surface area contributed by atoms with Crippen LogP contribution in [0.15, 0.2) is 51.8 Å². The summed E-state index contributed by atoms with van der Waals surface area (Å²) in [6, 6.07) is 11.7. The Bertz CT molecular complexity index is 807. The van der Waals surface area contributed by atoms with Crippen LogP contribution in [0, 0.1) is 0 Å². The van der Waals surface area contributed by atoms with Gasteiger partial charge in [-0.2, -0.15) is 0 Å². The first-order chi connectivity index (χ1) is 10.5. The van der Waals surface area contributed by atoms with Crippen molar-refractivity contribution in [3.8, 4) is 11.5 Å². The van der Waals surface area contributed by atoms with Gasteiger partial charge in [0.05, 0.1) is 4.90 Å². The molecule has 22 heavy (non-hydrogen) atoms. The largest absolute Gasteiger partial charge is 0.454 e. The summed E-state index contributed by atoms with van der Waals surface area (Å²) in [5.74, 6) is 1.30. The fourth-order valence-corrected chi connectivity index (χ4v) is 4.44. The lowest BCUT2D eigenvalue weighted by Gasteiger charge is -2.15. The predicted octanol–water partition coefficient (Wildman–Crippen LogP) is 3.22. The molecule has 2 aromatic carbocycles. The fraction of sp³-hybridized carbons (Fsp3) is 0.200. The smallest absolute Gasteiger partial charge is 0.242 e. The van der Waals surface area contributed by atoms with Crippen LogP contribution in [0.1, 0.15) is 18.5 Å². The third-order valence-corrected chi connectivity index (χ3v) is 5.91. The summed E-state index contributed by atoms with van der Waals surface area (Å²) in [6.45, 7) is 1.97. The van der Waals surface area contributed by atoms with Crippen LogP contribution in [0.2, 0.25) is 0 Å². The van der Waals surface area contributed by atoms with Gasteiger partial charge in [0, 0.05) is 10.5 Å². The number of ether oxygens (including phenoxy) is 2. The van der Waals surface area contributed by atoms with E-state index in [2.05, 4.69) is 20.7 Å². The van der Waals surface area contributed by atoms with Gasteiger partial charge >= 0.3 is 0 Å². The molecule has 7 heteroatoms. The number of sulfonamides is 1. The molecule has 1 aliphatic rings. The van der Waals surface area contributed by atoms with Crippen LogP contribution in [-0.2, 0) is 10.0 Å². The van der Waals surface area contributed by atoms with Crippen LogP contribution in [0.5, 0.6) is 11.5 Å². The maximum absolute atomic E-state index is 12.5. The van der Waals surface area contributed by atoms with Crippen LogP contribution >= 0.6 is 15.9 Å². The summed E-state index contributed by atoms with van der Waals surface area (Å²) in [7, 11) is -3.62. The van der Waals surface area contributed by atoms with E-state index in [1.54, 1.807) is 43.3 Å². The highest BCUT2D eigenvalue weighted by Gasteiger charge is 2.22. The first kappa shape index (κ1) is 15.3. The second kappa shape index (κ2) is 5.91. The molecule has 1 N–H and O–H groups in total. The monoisotopic (exact) mass is 383 g/mol. The molecule has 1 unspecified atom stereocenters. The molecule has 1 aliphatic heterocycles. The molecule has 0 fully saturated rings. The van der Waals surface area contributed by atoms with Crippen molar-refractivity contribution in [3.05, 3.63) is 52.5 Å². The van der Waals surface area contributed by atoms with Crippen molar-refractivity contribution >= 4 is 26.0 Å². The molecule has 1 heterocycles. The molecule has 0 bridgehead atoms. The van der Waals surface area contributed by atoms with Crippen LogP contribution in [0.25, 0.3) is 0 Å². The summed E-state index contributed by atoms with van der Waals surface area (Å²) in [5, 5.41) is 0. The summed E-state index contributed by atoms with van der Waals surface area (Å²) >= 11 is 3.26. The van der Waals surface area contributed by atoms with E-state index in [9.17, 15) is 8.42 Å². The van der Waals surface area contributed by atoms with Crippen molar-refractivity contribution in [2.45, 2.75) is 17.9 Å². The quantitative estimate of drug-likeness (QED) is 0.879. The van der Waals surface area contributed by atoms with Gasteiger partial charge in [0.1, 0.15) is 0 Å². The van der Waals surface area contributed by atoms with Gasteiger partial charge in [-0.1, -0.05) is 18.2 Å². The highest BCUT2D eigenvalue weighted by atomic mass is 79.9. The van der Waals surface area contributed by atoms with E-state index >= 15 is 0 Å². The fourth-order valence-electron chi connectivity index (χ4n) is 2.21. The zero-order chi connectivity index (χ0) is 15.7. The summed E-state index contributed by atoms with van der Waals surface area (Å²) in [5.41, 5.74) is 0.805. The minimum absolute atomic E-state index is 0.190. The number of benzene rings is 2. The zero-order valence-electron chi connectivity index (χ0n) is 11.7. The Hall–Kier alpha value is -1.57. The van der Waals surface area contributed by atoms with Crippen molar-refractivity contribution < 1.29 is 17.9 Å². The minimum atomic E-state index is -3.62. The van der Waals surface area contributed by atoms with Gasteiger partial charge in [0.15, 0.2) is 11.5 Å². The Kier molecular flexibility index (Phi) is 4.12. The van der Waals surface area contributed by atoms with E-state index in [1.165, 1.54) is 0 Å². The lowest BCUT2D eigenvalue weighted by atomic mass is 10.1. The van der Waals surface area contributed by atoms with Gasteiger partial charge in [-0.05, 0) is 52.7 Å². The van der Waals surface area contributed by atoms with Crippen molar-refractivity contribution in [2.24, 2.45) is 0 Å². The van der Waals surface area contributed by atoms with Crippen molar-refractivity contribution in [1.82, 2.24) is 4.72 Å². The third kappa shape index (κ3) is 2.97. The second-order valence-electron chi connectivity index (χ2n) is 4.89. The van der Waals surface area contributed by atoms with Crippen molar-refractivity contribution in [3.63, 3.8) is 0 Å². The van der Waals surface area contributed by atoms with Crippen LogP contribution in [-0.4, -0.2) is 15.2 Å². The Balaban J connectivity index is 1.85. The molecule has 0 saturated heterocycles. The topological polar surface area (TPSA) is 64.6 Å². The normalized spacial score (nSPS) is 14.8. The molecule has 1 atom stereocenters. The number of fused-ring (bicyclic) bond motifs is 1. The maximum Gasteiger partial charge on any atom is 0.242 e. The van der Waals surface area contributed by atoms with Gasteiger partial charge in [-0.25, -0.2) is 13.1 Å². The van der Waals surface area contributed by atoms with Crippen molar-refractivity contribution in [1.29, 1.82) is 0 Å². The van der Waals surface area contributed by atoms with Gasteiger partial charge < -0.3 is 9.47 Å². The number of hydrogen-bond donors (Lipinski definition) is 1. The van der Waals surface area contributed by atoms with E-state index in [-0.39, 0.29) is 11.7 Å². The first-order valence-corrected chi connectivity index (χ1v) is 8.91. The third-order valence-electron chi connectivity index (χ3n) is 3.35. The molecule has 116 valence electrons. The van der Waals surface area contributed by atoms with E-state index in [0.29, 0.717) is 16.0 Å². The number of rotatable bonds is 4. The Morgan fingerprint density at radius 3 is 2.64 bits per heavy atom. The Morgan fingerprint density at radius 2 is 1.86 bits per heavy atom. The number of halogens is 1. The summed E-state index contributed by atoms with van der Waals surface area (Å²) < 4.78 is 38.7. The van der Waals surface area contributed by atoms with Gasteiger partial charge in [0.25, 0.3) is 0 Å². The summed E-state index contributed by atoms with van der Waals surface area (Å²) in [4.78, 5) is 0.211. The number of hydrogen-bond acceptors (Lipinski definition) is 4. The molecule has 0 radical (unpaired) electrons. The molecule has 0 saturated carbocycles. The molecular formula is C15H14BrNO4S. The van der Waals surface area contributed by atoms with E-state index in [1.807, 2.05) is 6.07 Å². The maximum atomic E-state index is 12.5. The van der Waals surface area contributed by atoms with Gasteiger partial charge in [0.2, 0.25) is 16.8 Å². The molecule has 0 aliphatic carbocycles. The predicted molar refractivity (Wildman–Crippen MR) is 85.4 cm³/mol. The molecule has 2 aromatic rings. The summed E-state index contributed by atoms with van der Waals surface area (Å²) in [6.07, 6.45) is 0. The second-order valence-corrected chi connectivity index (χ2v) is 7.42. The minimum Gasteiger partial charge on any atom is -0.454 e. The highest BCUT2D eigenvalue weighted by Crippen LogP contribution is 2.34. The van der Waals surface area contributed by atoms with E-state index in [4.69, 9.17) is 9.47 Å². The number of nitrogens with one attached hydrogen (secondary N) is 1. The molecule has 3 rings (SSSR count). The van der Waals surface area contributed by atoms with Crippen molar-refractivity contribution in [2.75, 3.05) is 6.79 Å². The standard InChI is InChI=1S/C15H14BrNO4S/c1-10(11-6-7-13-14(8-11)21-9-20-13)17-22(18,19)15-5-3-2-4-12(15)16/h2-8,10,17H,9H2,1H3. The Morgan fingerprint density at radius 1 is 1.14 bits per heavy atom. The van der Waals surface area contributed by atoms with E-state index in [0.717, 1.165) is 5.56 Å². The Labute approximate surface area is 137 Å². The molecule has 5 nitrogen and oxygen atoms in total. The van der Waals surface area contributed by atoms with Crippen LogP contribution < -0.4 is 14.2 Å². The van der Waals surface area contributed by atoms with Crippen LogP contribution in [0.3, 0.4) is 0 Å². The first-order valence-electron chi connectivity index (χ1n) is 6.64. The lowest BCUT2D eigenvalue weighted by molar-refractivity contribution is 0.174.